The van der Waals surface area contributed by atoms with Gasteiger partial charge in [-0.15, -0.1) is 0 Å². The Morgan fingerprint density at radius 3 is 2.73 bits per heavy atom. The first-order valence-corrected chi connectivity index (χ1v) is 5.68. The number of ether oxygens (including phenoxy) is 2. The Balaban J connectivity index is 1.47. The van der Waals surface area contributed by atoms with Crippen LogP contribution in [-0.4, -0.2) is 25.9 Å². The van der Waals surface area contributed by atoms with E-state index in [0.29, 0.717) is 6.10 Å². The minimum atomic E-state index is 0.402. The van der Waals surface area contributed by atoms with E-state index in [1.54, 1.807) is 0 Å². The van der Waals surface area contributed by atoms with Crippen LogP contribution in [0.4, 0.5) is 0 Å². The standard InChI is InChI=1S/C13H18O2/c1-2-6-12(7-3-1)8-4-5-9-14-10-13-11-15-13/h1-3,6-7,13H,4-5,8-11H2. The Labute approximate surface area is 91.2 Å². The molecular formula is C13H18O2. The summed E-state index contributed by atoms with van der Waals surface area (Å²) >= 11 is 0. The first-order chi connectivity index (χ1) is 7.45. The normalized spacial score (nSPS) is 19.1. The lowest BCUT2D eigenvalue weighted by Gasteiger charge is -2.02. The molecule has 1 atom stereocenters. The summed E-state index contributed by atoms with van der Waals surface area (Å²) in [6.45, 7) is 2.54. The van der Waals surface area contributed by atoms with Gasteiger partial charge in [0.05, 0.1) is 13.2 Å². The first-order valence-electron chi connectivity index (χ1n) is 5.68. The quantitative estimate of drug-likeness (QED) is 0.505. The fraction of sp³-hybridized carbons (Fsp3) is 0.538. The second-order valence-electron chi connectivity index (χ2n) is 3.97. The summed E-state index contributed by atoms with van der Waals surface area (Å²) in [5, 5.41) is 0. The predicted octanol–water partition coefficient (Wildman–Crippen LogP) is 2.42. The molecule has 2 heteroatoms. The lowest BCUT2D eigenvalue weighted by atomic mass is 10.1. The van der Waals surface area contributed by atoms with Gasteiger partial charge in [-0.25, -0.2) is 0 Å². The van der Waals surface area contributed by atoms with Gasteiger partial charge in [-0.2, -0.15) is 0 Å². The van der Waals surface area contributed by atoms with Gasteiger partial charge in [0.1, 0.15) is 6.10 Å². The van der Waals surface area contributed by atoms with E-state index in [1.165, 1.54) is 12.0 Å². The molecule has 1 fully saturated rings. The van der Waals surface area contributed by atoms with Crippen LogP contribution in [0.25, 0.3) is 0 Å². The Morgan fingerprint density at radius 1 is 1.20 bits per heavy atom. The highest BCUT2D eigenvalue weighted by molar-refractivity contribution is 5.14. The van der Waals surface area contributed by atoms with Crippen LogP contribution in [0.1, 0.15) is 18.4 Å². The molecule has 0 bridgehead atoms. The van der Waals surface area contributed by atoms with Crippen LogP contribution >= 0.6 is 0 Å². The smallest absolute Gasteiger partial charge is 0.104 e. The number of aryl methyl sites for hydroxylation is 1. The molecule has 1 heterocycles. The molecule has 1 aromatic carbocycles. The minimum Gasteiger partial charge on any atom is -0.379 e. The van der Waals surface area contributed by atoms with Gasteiger partial charge >= 0.3 is 0 Å². The van der Waals surface area contributed by atoms with Gasteiger partial charge in [0.15, 0.2) is 0 Å². The Kier molecular flexibility index (Phi) is 4.18. The van der Waals surface area contributed by atoms with Crippen molar-refractivity contribution in [2.75, 3.05) is 19.8 Å². The number of epoxide rings is 1. The van der Waals surface area contributed by atoms with E-state index in [9.17, 15) is 0 Å². The highest BCUT2D eigenvalue weighted by Crippen LogP contribution is 2.09. The molecule has 1 aromatic rings. The number of benzene rings is 1. The maximum Gasteiger partial charge on any atom is 0.104 e. The van der Waals surface area contributed by atoms with Crippen LogP contribution < -0.4 is 0 Å². The lowest BCUT2D eigenvalue weighted by Crippen LogP contribution is -2.02. The van der Waals surface area contributed by atoms with Crippen LogP contribution in [0.3, 0.4) is 0 Å². The SMILES string of the molecule is c1ccc(CCCCOCC2CO2)cc1. The van der Waals surface area contributed by atoms with E-state index < -0.39 is 0 Å². The number of unbranched alkanes of at least 4 members (excludes halogenated alkanes) is 1. The third-order valence-corrected chi connectivity index (χ3v) is 2.55. The summed E-state index contributed by atoms with van der Waals surface area (Å²) in [7, 11) is 0. The van der Waals surface area contributed by atoms with Gasteiger partial charge in [0, 0.05) is 6.61 Å². The molecule has 1 aliphatic heterocycles. The van der Waals surface area contributed by atoms with Crippen LogP contribution in [-0.2, 0) is 15.9 Å². The van der Waals surface area contributed by atoms with Crippen molar-refractivity contribution in [3.8, 4) is 0 Å². The van der Waals surface area contributed by atoms with Crippen LogP contribution in [0, 0.1) is 0 Å². The minimum absolute atomic E-state index is 0.402. The molecule has 0 amide bonds. The molecule has 1 unspecified atom stereocenters. The fourth-order valence-electron chi connectivity index (χ4n) is 1.56. The van der Waals surface area contributed by atoms with Crippen LogP contribution in [0.15, 0.2) is 30.3 Å². The molecule has 0 saturated carbocycles. The summed E-state index contributed by atoms with van der Waals surface area (Å²) in [6, 6.07) is 10.6. The number of hydrogen-bond acceptors (Lipinski definition) is 2. The van der Waals surface area contributed by atoms with Crippen molar-refractivity contribution in [2.45, 2.75) is 25.4 Å². The largest absolute Gasteiger partial charge is 0.379 e. The molecule has 82 valence electrons. The van der Waals surface area contributed by atoms with Gasteiger partial charge in [0.25, 0.3) is 0 Å². The molecule has 1 aliphatic rings. The zero-order valence-electron chi connectivity index (χ0n) is 9.02. The molecule has 0 N–H and O–H groups in total. The molecule has 1 saturated heterocycles. The summed E-state index contributed by atoms with van der Waals surface area (Å²) in [6.07, 6.45) is 3.90. The molecule has 0 spiro atoms. The summed E-state index contributed by atoms with van der Waals surface area (Å²) < 4.78 is 10.5. The number of hydrogen-bond donors (Lipinski definition) is 0. The van der Waals surface area contributed by atoms with E-state index in [4.69, 9.17) is 9.47 Å². The topological polar surface area (TPSA) is 21.8 Å². The molecular weight excluding hydrogens is 188 g/mol. The van der Waals surface area contributed by atoms with E-state index >= 15 is 0 Å². The molecule has 0 aromatic heterocycles. The van der Waals surface area contributed by atoms with E-state index in [-0.39, 0.29) is 0 Å². The highest BCUT2D eigenvalue weighted by atomic mass is 16.6. The van der Waals surface area contributed by atoms with Crippen molar-refractivity contribution in [3.05, 3.63) is 35.9 Å². The zero-order chi connectivity index (χ0) is 10.3. The van der Waals surface area contributed by atoms with Crippen LogP contribution in [0.2, 0.25) is 0 Å². The summed E-state index contributed by atoms with van der Waals surface area (Å²) in [4.78, 5) is 0. The fourth-order valence-corrected chi connectivity index (χ4v) is 1.56. The maximum atomic E-state index is 5.47. The van der Waals surface area contributed by atoms with Gasteiger partial charge in [-0.3, -0.25) is 0 Å². The Bertz CT molecular complexity index is 267. The first kappa shape index (κ1) is 10.7. The van der Waals surface area contributed by atoms with Crippen molar-refractivity contribution >= 4 is 0 Å². The average Bonchev–Trinajstić information content (AvgIpc) is 3.09. The van der Waals surface area contributed by atoms with E-state index in [0.717, 1.165) is 32.7 Å². The third-order valence-electron chi connectivity index (χ3n) is 2.55. The lowest BCUT2D eigenvalue weighted by molar-refractivity contribution is 0.113. The van der Waals surface area contributed by atoms with E-state index in [2.05, 4.69) is 30.3 Å². The second kappa shape index (κ2) is 5.89. The van der Waals surface area contributed by atoms with Crippen molar-refractivity contribution in [1.29, 1.82) is 0 Å². The van der Waals surface area contributed by atoms with Crippen molar-refractivity contribution in [2.24, 2.45) is 0 Å². The molecule has 2 nitrogen and oxygen atoms in total. The Morgan fingerprint density at radius 2 is 2.00 bits per heavy atom. The second-order valence-corrected chi connectivity index (χ2v) is 3.97. The van der Waals surface area contributed by atoms with Gasteiger partial charge in [0.2, 0.25) is 0 Å². The molecule has 15 heavy (non-hydrogen) atoms. The monoisotopic (exact) mass is 206 g/mol. The summed E-state index contributed by atoms with van der Waals surface area (Å²) in [5.74, 6) is 0. The average molecular weight is 206 g/mol. The number of rotatable bonds is 7. The van der Waals surface area contributed by atoms with Gasteiger partial charge in [-0.1, -0.05) is 30.3 Å². The third kappa shape index (κ3) is 4.45. The van der Waals surface area contributed by atoms with Crippen LogP contribution in [0.5, 0.6) is 0 Å². The molecule has 0 radical (unpaired) electrons. The highest BCUT2D eigenvalue weighted by Gasteiger charge is 2.21. The van der Waals surface area contributed by atoms with Gasteiger partial charge < -0.3 is 9.47 Å². The van der Waals surface area contributed by atoms with Gasteiger partial charge in [-0.05, 0) is 24.8 Å². The zero-order valence-corrected chi connectivity index (χ0v) is 9.02. The van der Waals surface area contributed by atoms with E-state index in [1.807, 2.05) is 0 Å². The molecule has 2 rings (SSSR count). The van der Waals surface area contributed by atoms with Crippen molar-refractivity contribution < 1.29 is 9.47 Å². The summed E-state index contributed by atoms with van der Waals surface area (Å²) in [5.41, 5.74) is 1.42. The van der Waals surface area contributed by atoms with Crippen molar-refractivity contribution in [3.63, 3.8) is 0 Å². The Hall–Kier alpha value is -0.860. The molecule has 0 aliphatic carbocycles. The predicted molar refractivity (Wildman–Crippen MR) is 59.9 cm³/mol. The maximum absolute atomic E-state index is 5.47. The van der Waals surface area contributed by atoms with Crippen molar-refractivity contribution in [1.82, 2.24) is 0 Å².